The third-order valence-electron chi connectivity index (χ3n) is 3.94. The zero-order chi connectivity index (χ0) is 17.0. The molecule has 23 heavy (non-hydrogen) atoms. The van der Waals surface area contributed by atoms with E-state index < -0.39 is 32.8 Å². The summed E-state index contributed by atoms with van der Waals surface area (Å²) in [5.41, 5.74) is -0.634. The van der Waals surface area contributed by atoms with Crippen LogP contribution in [-0.4, -0.2) is 33.6 Å². The molecule has 10 heteroatoms. The third-order valence-corrected chi connectivity index (χ3v) is 5.91. The smallest absolute Gasteiger partial charge is 0.349 e. The number of aromatic nitrogens is 3. The molecular formula is C13H15F3N4O2S. The van der Waals surface area contributed by atoms with Crippen LogP contribution in [0.15, 0.2) is 29.4 Å². The van der Waals surface area contributed by atoms with Crippen LogP contribution in [0, 0.1) is 0 Å². The summed E-state index contributed by atoms with van der Waals surface area (Å²) in [4.78, 5) is -0.806. The Labute approximate surface area is 131 Å². The summed E-state index contributed by atoms with van der Waals surface area (Å²) < 4.78 is 68.6. The van der Waals surface area contributed by atoms with Gasteiger partial charge in [-0.15, -0.1) is 0 Å². The fraction of sp³-hybridized carbons (Fsp3) is 0.462. The summed E-state index contributed by atoms with van der Waals surface area (Å²) in [7, 11) is -3.05. The second-order valence-corrected chi connectivity index (χ2v) is 7.29. The Morgan fingerprint density at radius 3 is 2.65 bits per heavy atom. The number of fused-ring (bicyclic) bond motifs is 1. The van der Waals surface area contributed by atoms with E-state index in [2.05, 4.69) is 5.10 Å². The molecule has 0 aliphatic carbocycles. The summed E-state index contributed by atoms with van der Waals surface area (Å²) in [6.07, 6.45) is -2.11. The van der Waals surface area contributed by atoms with Crippen molar-refractivity contribution < 1.29 is 21.6 Å². The van der Waals surface area contributed by atoms with Gasteiger partial charge in [-0.05, 0) is 19.1 Å². The number of sulfonamides is 1. The number of rotatable bonds is 2. The Kier molecular flexibility index (Phi) is 3.56. The van der Waals surface area contributed by atoms with Crippen molar-refractivity contribution in [2.24, 2.45) is 7.05 Å². The van der Waals surface area contributed by atoms with Gasteiger partial charge in [-0.25, -0.2) is 8.42 Å². The second-order valence-electron chi connectivity index (χ2n) is 5.43. The molecule has 0 aromatic carbocycles. The molecule has 2 aromatic heterocycles. The molecule has 3 rings (SSSR count). The van der Waals surface area contributed by atoms with E-state index in [0.717, 1.165) is 20.9 Å². The number of alkyl halides is 3. The molecule has 6 nitrogen and oxygen atoms in total. The maximum absolute atomic E-state index is 13.1. The highest BCUT2D eigenvalue weighted by atomic mass is 32.2. The van der Waals surface area contributed by atoms with Crippen LogP contribution >= 0.6 is 0 Å². The highest BCUT2D eigenvalue weighted by molar-refractivity contribution is 7.89. The average Bonchev–Trinajstić information content (AvgIpc) is 3.04. The molecule has 1 aliphatic heterocycles. The number of halogens is 3. The van der Waals surface area contributed by atoms with Gasteiger partial charge in [0.1, 0.15) is 4.90 Å². The van der Waals surface area contributed by atoms with Crippen LogP contribution in [-0.2, 0) is 29.8 Å². The summed E-state index contributed by atoms with van der Waals surface area (Å²) in [6.45, 7) is 2.16. The molecular weight excluding hydrogens is 333 g/mol. The molecule has 0 radical (unpaired) electrons. The Morgan fingerprint density at radius 2 is 2.00 bits per heavy atom. The third kappa shape index (κ3) is 2.55. The highest BCUT2D eigenvalue weighted by Crippen LogP contribution is 2.37. The first-order chi connectivity index (χ1) is 10.6. The Bertz CT molecular complexity index is 838. The fourth-order valence-corrected chi connectivity index (χ4v) is 4.65. The minimum Gasteiger partial charge on any atom is -0.349 e. The van der Waals surface area contributed by atoms with Crippen LogP contribution in [0.2, 0.25) is 0 Å². The maximum Gasteiger partial charge on any atom is 0.436 e. The number of nitrogens with zero attached hydrogens (tertiary/aromatic N) is 4. The molecule has 0 amide bonds. The first-order valence-corrected chi connectivity index (χ1v) is 8.34. The average molecular weight is 348 g/mol. The number of hydrogen-bond donors (Lipinski definition) is 0. The molecule has 1 atom stereocenters. The molecule has 0 N–H and O–H groups in total. The van der Waals surface area contributed by atoms with E-state index in [9.17, 15) is 21.6 Å². The van der Waals surface area contributed by atoms with Crippen molar-refractivity contribution in [3.8, 4) is 0 Å². The van der Waals surface area contributed by atoms with E-state index in [1.54, 1.807) is 19.1 Å². The van der Waals surface area contributed by atoms with Gasteiger partial charge in [0.05, 0.1) is 6.04 Å². The van der Waals surface area contributed by atoms with E-state index in [1.165, 1.54) is 7.05 Å². The molecule has 1 aliphatic rings. The standard InChI is InChI=1S/C13H15F3N4O2S/c1-9-10-4-3-5-19(10)6-7-20(9)23(21,22)11-8-18(2)17-12(11)13(14,15)16/h3-5,8-9H,6-7H2,1-2H3. The summed E-state index contributed by atoms with van der Waals surface area (Å²) in [5, 5.41) is 3.28. The summed E-state index contributed by atoms with van der Waals surface area (Å²) in [5.74, 6) is 0. The predicted molar refractivity (Wildman–Crippen MR) is 74.9 cm³/mol. The van der Waals surface area contributed by atoms with E-state index in [1.807, 2.05) is 10.8 Å². The van der Waals surface area contributed by atoms with Crippen molar-refractivity contribution in [2.45, 2.75) is 30.6 Å². The first kappa shape index (κ1) is 16.1. The normalized spacial score (nSPS) is 19.8. The zero-order valence-electron chi connectivity index (χ0n) is 12.4. The first-order valence-electron chi connectivity index (χ1n) is 6.90. The van der Waals surface area contributed by atoms with Gasteiger partial charge in [0.15, 0.2) is 5.69 Å². The number of hydrogen-bond acceptors (Lipinski definition) is 3. The maximum atomic E-state index is 13.1. The van der Waals surface area contributed by atoms with Gasteiger partial charge < -0.3 is 4.57 Å². The quantitative estimate of drug-likeness (QED) is 0.834. The van der Waals surface area contributed by atoms with Crippen molar-refractivity contribution in [2.75, 3.05) is 6.54 Å². The van der Waals surface area contributed by atoms with Crippen LogP contribution in [0.4, 0.5) is 13.2 Å². The zero-order valence-corrected chi connectivity index (χ0v) is 13.3. The second kappa shape index (κ2) is 5.10. The molecule has 0 saturated carbocycles. The van der Waals surface area contributed by atoms with Crippen molar-refractivity contribution in [1.29, 1.82) is 0 Å². The van der Waals surface area contributed by atoms with E-state index in [-0.39, 0.29) is 6.54 Å². The summed E-state index contributed by atoms with van der Waals surface area (Å²) in [6, 6.07) is 3.00. The van der Waals surface area contributed by atoms with Crippen molar-refractivity contribution in [3.63, 3.8) is 0 Å². The van der Waals surface area contributed by atoms with E-state index in [4.69, 9.17) is 0 Å². The largest absolute Gasteiger partial charge is 0.436 e. The lowest BCUT2D eigenvalue weighted by molar-refractivity contribution is -0.143. The lowest BCUT2D eigenvalue weighted by Gasteiger charge is -2.33. The Hall–Kier alpha value is -1.81. The minimum atomic E-state index is -4.83. The van der Waals surface area contributed by atoms with Crippen LogP contribution in [0.5, 0.6) is 0 Å². The van der Waals surface area contributed by atoms with Crippen molar-refractivity contribution >= 4 is 10.0 Å². The van der Waals surface area contributed by atoms with Gasteiger partial charge in [-0.2, -0.15) is 22.6 Å². The van der Waals surface area contributed by atoms with Crippen molar-refractivity contribution in [1.82, 2.24) is 18.7 Å². The Balaban J connectivity index is 2.07. The van der Waals surface area contributed by atoms with Gasteiger partial charge >= 0.3 is 6.18 Å². The van der Waals surface area contributed by atoms with Gasteiger partial charge in [0.25, 0.3) is 0 Å². The molecule has 126 valence electrons. The fourth-order valence-electron chi connectivity index (χ4n) is 2.86. The van der Waals surface area contributed by atoms with Gasteiger partial charge in [0.2, 0.25) is 10.0 Å². The molecule has 0 spiro atoms. The SMILES string of the molecule is CC1c2cccn2CCN1S(=O)(=O)c1cn(C)nc1C(F)(F)F. The van der Waals surface area contributed by atoms with Crippen LogP contribution in [0.3, 0.4) is 0 Å². The van der Waals surface area contributed by atoms with E-state index in [0.29, 0.717) is 6.54 Å². The lowest BCUT2D eigenvalue weighted by Crippen LogP contribution is -2.41. The van der Waals surface area contributed by atoms with Crippen LogP contribution < -0.4 is 0 Å². The molecule has 1 unspecified atom stereocenters. The topological polar surface area (TPSA) is 60.1 Å². The van der Waals surface area contributed by atoms with Gasteiger partial charge in [0, 0.05) is 38.2 Å². The van der Waals surface area contributed by atoms with Crippen LogP contribution in [0.25, 0.3) is 0 Å². The molecule has 0 fully saturated rings. The molecule has 2 aromatic rings. The molecule has 0 saturated heterocycles. The van der Waals surface area contributed by atoms with Crippen LogP contribution in [0.1, 0.15) is 24.4 Å². The Morgan fingerprint density at radius 1 is 1.30 bits per heavy atom. The highest BCUT2D eigenvalue weighted by Gasteiger charge is 2.44. The van der Waals surface area contributed by atoms with Crippen molar-refractivity contribution in [3.05, 3.63) is 35.9 Å². The minimum absolute atomic E-state index is 0.109. The van der Waals surface area contributed by atoms with E-state index >= 15 is 0 Å². The predicted octanol–water partition coefficient (Wildman–Crippen LogP) is 2.01. The van der Waals surface area contributed by atoms with Gasteiger partial charge in [-0.3, -0.25) is 4.68 Å². The van der Waals surface area contributed by atoms with Gasteiger partial charge in [-0.1, -0.05) is 0 Å². The summed E-state index contributed by atoms with van der Waals surface area (Å²) >= 11 is 0. The monoisotopic (exact) mass is 348 g/mol. The molecule has 0 bridgehead atoms. The lowest BCUT2D eigenvalue weighted by atomic mass is 10.2. The number of aryl methyl sites for hydroxylation is 1. The molecule has 3 heterocycles.